The highest BCUT2D eigenvalue weighted by atomic mass is 19.1. The van der Waals surface area contributed by atoms with Crippen molar-refractivity contribution in [3.05, 3.63) is 77.5 Å². The monoisotopic (exact) mass is 621 g/mol. The summed E-state index contributed by atoms with van der Waals surface area (Å²) in [5.74, 6) is -0.385. The van der Waals surface area contributed by atoms with Crippen molar-refractivity contribution in [2.24, 2.45) is 11.3 Å². The van der Waals surface area contributed by atoms with Crippen LogP contribution in [0.4, 0.5) is 20.3 Å². The lowest BCUT2D eigenvalue weighted by atomic mass is 10.0. The molecule has 2 fully saturated rings. The quantitative estimate of drug-likeness (QED) is 0.204. The van der Waals surface area contributed by atoms with Crippen LogP contribution in [0.15, 0.2) is 54.7 Å². The van der Waals surface area contributed by atoms with Crippen molar-refractivity contribution < 1.29 is 27.9 Å². The molecule has 2 aliphatic carbocycles. The Kier molecular flexibility index (Phi) is 11.9. The van der Waals surface area contributed by atoms with E-state index in [4.69, 9.17) is 4.74 Å². The van der Waals surface area contributed by atoms with Crippen molar-refractivity contribution in [2.75, 3.05) is 10.6 Å². The number of carbonyl (C=O) groups excluding carboxylic acids is 3. The number of amides is 2. The summed E-state index contributed by atoms with van der Waals surface area (Å²) < 4.78 is 34.1. The van der Waals surface area contributed by atoms with Crippen LogP contribution in [0.1, 0.15) is 71.4 Å². The van der Waals surface area contributed by atoms with Crippen molar-refractivity contribution in [3.8, 4) is 11.6 Å². The number of nitrogens with one attached hydrogen (secondary N) is 2. The first-order chi connectivity index (χ1) is 21.5. The van der Waals surface area contributed by atoms with Gasteiger partial charge < -0.3 is 15.4 Å². The molecule has 0 aliphatic heterocycles. The molecule has 0 atom stereocenters. The molecule has 9 nitrogen and oxygen atoms in total. The third-order valence-electron chi connectivity index (χ3n) is 7.09. The van der Waals surface area contributed by atoms with Gasteiger partial charge in [-0.15, -0.1) is 5.10 Å². The van der Waals surface area contributed by atoms with Gasteiger partial charge in [0.2, 0.25) is 17.7 Å². The average Bonchev–Trinajstić information content (AvgIpc) is 3.95. The summed E-state index contributed by atoms with van der Waals surface area (Å²) in [5, 5.41) is 9.60. The van der Waals surface area contributed by atoms with E-state index >= 15 is 0 Å². The normalized spacial score (nSPS) is 13.9. The molecule has 0 bridgehead atoms. The lowest BCUT2D eigenvalue weighted by Crippen LogP contribution is -2.29. The lowest BCUT2D eigenvalue weighted by molar-refractivity contribution is -0.131. The number of Topliss-reactive ketones (excluding diaryl/α,β-unsaturated/α-hetero) is 1. The molecule has 45 heavy (non-hydrogen) atoms. The SMILES string of the molecule is CC.CC.CC(=O)C1(C(=O)Nc2ccc(C)c(F)c2)CC1.Cc1ccc(Oc2ccc3nc(NC(=O)C4CC4)cn3n2)c(F)c1. The Hall–Kier alpha value is -4.67. The third kappa shape index (κ3) is 8.93. The number of ketones is 1. The molecule has 2 aliphatic rings. The van der Waals surface area contributed by atoms with Gasteiger partial charge in [-0.25, -0.2) is 18.3 Å². The summed E-state index contributed by atoms with van der Waals surface area (Å²) >= 11 is 0. The summed E-state index contributed by atoms with van der Waals surface area (Å²) in [6, 6.07) is 12.5. The van der Waals surface area contributed by atoms with E-state index in [1.165, 1.54) is 23.6 Å². The van der Waals surface area contributed by atoms with Gasteiger partial charge in [0, 0.05) is 17.7 Å². The molecule has 0 radical (unpaired) electrons. The number of benzene rings is 2. The van der Waals surface area contributed by atoms with Crippen molar-refractivity contribution in [1.82, 2.24) is 14.6 Å². The van der Waals surface area contributed by atoms with Gasteiger partial charge in [0.25, 0.3) is 0 Å². The van der Waals surface area contributed by atoms with E-state index in [0.717, 1.165) is 18.4 Å². The van der Waals surface area contributed by atoms with Crippen LogP contribution in [-0.2, 0) is 14.4 Å². The zero-order valence-corrected chi connectivity index (χ0v) is 26.8. The fourth-order valence-electron chi connectivity index (χ4n) is 4.14. The fourth-order valence-corrected chi connectivity index (χ4v) is 4.14. The first kappa shape index (κ1) is 34.8. The van der Waals surface area contributed by atoms with Crippen LogP contribution >= 0.6 is 0 Å². The Morgan fingerprint density at radius 2 is 1.60 bits per heavy atom. The highest BCUT2D eigenvalue weighted by Gasteiger charge is 2.54. The van der Waals surface area contributed by atoms with E-state index in [0.29, 0.717) is 35.6 Å². The molecule has 0 saturated heterocycles. The minimum atomic E-state index is -0.860. The highest BCUT2D eigenvalue weighted by molar-refractivity contribution is 6.13. The highest BCUT2D eigenvalue weighted by Crippen LogP contribution is 2.47. The lowest BCUT2D eigenvalue weighted by Gasteiger charge is -2.12. The number of carbonyl (C=O) groups is 3. The third-order valence-corrected chi connectivity index (χ3v) is 7.09. The fraction of sp³-hybridized carbons (Fsp3) is 0.382. The molecule has 2 aromatic heterocycles. The molecule has 240 valence electrons. The summed E-state index contributed by atoms with van der Waals surface area (Å²) in [6.07, 6.45) is 4.63. The molecule has 4 aromatic rings. The summed E-state index contributed by atoms with van der Waals surface area (Å²) in [5.41, 5.74) is 1.44. The maximum absolute atomic E-state index is 13.9. The van der Waals surface area contributed by atoms with Gasteiger partial charge in [0.05, 0.1) is 6.20 Å². The van der Waals surface area contributed by atoms with Crippen LogP contribution < -0.4 is 15.4 Å². The molecule has 0 spiro atoms. The molecule has 2 saturated carbocycles. The number of hydrogen-bond donors (Lipinski definition) is 2. The minimum Gasteiger partial charge on any atom is -0.435 e. The molecule has 2 heterocycles. The maximum atomic E-state index is 13.9. The van der Waals surface area contributed by atoms with E-state index < -0.39 is 11.2 Å². The largest absolute Gasteiger partial charge is 0.435 e. The Morgan fingerprint density at radius 3 is 2.18 bits per heavy atom. The molecule has 6 rings (SSSR count). The zero-order chi connectivity index (χ0) is 33.3. The van der Waals surface area contributed by atoms with Crippen molar-refractivity contribution in [2.45, 2.75) is 74.1 Å². The number of imidazole rings is 1. The topological polar surface area (TPSA) is 115 Å². The van der Waals surface area contributed by atoms with Gasteiger partial charge in [0.1, 0.15) is 17.0 Å². The Bertz CT molecular complexity index is 1660. The second kappa shape index (κ2) is 15.4. The number of fused-ring (bicyclic) bond motifs is 1. The Morgan fingerprint density at radius 1 is 0.911 bits per heavy atom. The number of rotatable bonds is 7. The first-order valence-electron chi connectivity index (χ1n) is 15.2. The van der Waals surface area contributed by atoms with Gasteiger partial charge in [0.15, 0.2) is 23.0 Å². The van der Waals surface area contributed by atoms with Crippen molar-refractivity contribution in [3.63, 3.8) is 0 Å². The molecule has 11 heteroatoms. The molecule has 2 amide bonds. The van der Waals surface area contributed by atoms with E-state index in [2.05, 4.69) is 20.7 Å². The first-order valence-corrected chi connectivity index (χ1v) is 15.2. The number of halogens is 2. The van der Waals surface area contributed by atoms with Gasteiger partial charge in [-0.3, -0.25) is 14.4 Å². The number of ether oxygens (including phenoxy) is 1. The van der Waals surface area contributed by atoms with Crippen LogP contribution in [0.25, 0.3) is 5.65 Å². The standard InChI is InChI=1S/C17H15FN4O2.C13H14FNO2.2C2H6/c1-10-2-5-13(12(18)8-10)24-16-7-6-15-19-14(9-22(15)21-16)20-17(23)11-3-4-11;1-8-3-4-10(7-11(8)14)15-12(17)13(5-6-13)9(2)16;2*1-2/h2,5-9,11H,3-4H2,1H3,(H,20,23);3-4,7H,5-6H2,1-2H3,(H,15,17);2*1-2H3. The maximum Gasteiger partial charge on any atom is 0.238 e. The van der Waals surface area contributed by atoms with E-state index in [9.17, 15) is 23.2 Å². The smallest absolute Gasteiger partial charge is 0.238 e. The summed E-state index contributed by atoms with van der Waals surface area (Å²) in [6.45, 7) is 12.9. The molecular weight excluding hydrogens is 580 g/mol. The number of hydrogen-bond acceptors (Lipinski definition) is 6. The van der Waals surface area contributed by atoms with Crippen molar-refractivity contribution >= 4 is 34.8 Å². The zero-order valence-electron chi connectivity index (χ0n) is 26.8. The van der Waals surface area contributed by atoms with Gasteiger partial charge in [-0.1, -0.05) is 39.8 Å². The average molecular weight is 622 g/mol. The van der Waals surface area contributed by atoms with Crippen LogP contribution in [0, 0.1) is 36.8 Å². The van der Waals surface area contributed by atoms with E-state index in [1.54, 1.807) is 56.4 Å². The van der Waals surface area contributed by atoms with Crippen LogP contribution in [-0.4, -0.2) is 32.2 Å². The molecule has 0 unspecified atom stereocenters. The predicted octanol–water partition coefficient (Wildman–Crippen LogP) is 7.81. The van der Waals surface area contributed by atoms with E-state index in [1.807, 2.05) is 27.7 Å². The Balaban J connectivity index is 0.000000232. The summed E-state index contributed by atoms with van der Waals surface area (Å²) in [7, 11) is 0. The van der Waals surface area contributed by atoms with Gasteiger partial charge >= 0.3 is 0 Å². The molecule has 2 aromatic carbocycles. The Labute approximate surface area is 262 Å². The summed E-state index contributed by atoms with van der Waals surface area (Å²) in [4.78, 5) is 39.3. The molecule has 2 N–H and O–H groups in total. The minimum absolute atomic E-state index is 0.0170. The number of aromatic nitrogens is 3. The van der Waals surface area contributed by atoms with Crippen LogP contribution in [0.2, 0.25) is 0 Å². The van der Waals surface area contributed by atoms with Crippen molar-refractivity contribution in [1.29, 1.82) is 0 Å². The van der Waals surface area contributed by atoms with Crippen LogP contribution in [0.3, 0.4) is 0 Å². The van der Waals surface area contributed by atoms with Crippen LogP contribution in [0.5, 0.6) is 11.6 Å². The second-order valence-electron chi connectivity index (χ2n) is 10.5. The van der Waals surface area contributed by atoms with Gasteiger partial charge in [-0.2, -0.15) is 0 Å². The predicted molar refractivity (Wildman–Crippen MR) is 170 cm³/mol. The molecular formula is C34H41F2N5O4. The number of aryl methyl sites for hydroxylation is 2. The van der Waals surface area contributed by atoms with E-state index in [-0.39, 0.29) is 41.0 Å². The number of nitrogens with zero attached hydrogens (tertiary/aromatic N) is 3. The number of anilines is 2. The second-order valence-corrected chi connectivity index (χ2v) is 10.5. The van der Waals surface area contributed by atoms with Gasteiger partial charge in [-0.05, 0) is 87.9 Å².